The summed E-state index contributed by atoms with van der Waals surface area (Å²) < 4.78 is 0. The largest absolute Gasteiger partial charge is 0.508 e. The van der Waals surface area contributed by atoms with Gasteiger partial charge in [0, 0.05) is 39.3 Å². The van der Waals surface area contributed by atoms with Crippen LogP contribution in [0.2, 0.25) is 0 Å². The number of nitrogens with zero attached hydrogens (tertiary/aromatic N) is 2. The van der Waals surface area contributed by atoms with Crippen LogP contribution >= 0.6 is 0 Å². The number of aromatic hydroxyl groups is 1. The quantitative estimate of drug-likeness (QED) is 0.919. The molecule has 0 saturated carbocycles. The van der Waals surface area contributed by atoms with Gasteiger partial charge in [-0.15, -0.1) is 0 Å². The summed E-state index contributed by atoms with van der Waals surface area (Å²) in [6.07, 6.45) is 0.922. The van der Waals surface area contributed by atoms with Gasteiger partial charge < -0.3 is 10.0 Å². The fourth-order valence-corrected chi connectivity index (χ4v) is 3.01. The van der Waals surface area contributed by atoms with Gasteiger partial charge in [-0.3, -0.25) is 4.90 Å². The van der Waals surface area contributed by atoms with Crippen LogP contribution in [0.15, 0.2) is 54.6 Å². The van der Waals surface area contributed by atoms with E-state index in [1.54, 1.807) is 6.07 Å². The van der Waals surface area contributed by atoms with Crippen molar-refractivity contribution in [2.24, 2.45) is 0 Å². The highest BCUT2D eigenvalue weighted by molar-refractivity contribution is 5.31. The van der Waals surface area contributed by atoms with Crippen molar-refractivity contribution >= 4 is 0 Å². The lowest BCUT2D eigenvalue weighted by Gasteiger charge is -2.34. The van der Waals surface area contributed by atoms with Gasteiger partial charge in [-0.25, -0.2) is 0 Å². The molecular formula is C19H24N2O. The maximum absolute atomic E-state index is 9.82. The van der Waals surface area contributed by atoms with Gasteiger partial charge >= 0.3 is 0 Å². The molecule has 0 spiro atoms. The van der Waals surface area contributed by atoms with E-state index >= 15 is 0 Å². The van der Waals surface area contributed by atoms with E-state index in [1.165, 1.54) is 5.56 Å². The molecule has 0 aliphatic carbocycles. The molecule has 1 aliphatic rings. The molecule has 1 fully saturated rings. The van der Waals surface area contributed by atoms with Gasteiger partial charge in [0.1, 0.15) is 5.75 Å². The predicted molar refractivity (Wildman–Crippen MR) is 90.0 cm³/mol. The number of piperazine rings is 1. The van der Waals surface area contributed by atoms with E-state index in [0.29, 0.717) is 5.75 Å². The summed E-state index contributed by atoms with van der Waals surface area (Å²) in [5.41, 5.74) is 2.44. The number of rotatable bonds is 5. The molecule has 0 atom stereocenters. The molecule has 1 aliphatic heterocycles. The van der Waals surface area contributed by atoms with Gasteiger partial charge in [0.2, 0.25) is 0 Å². The lowest BCUT2D eigenvalue weighted by atomic mass is 10.1. The minimum atomic E-state index is 0.421. The molecule has 3 nitrogen and oxygen atoms in total. The van der Waals surface area contributed by atoms with Crippen LogP contribution in [0.25, 0.3) is 0 Å². The Morgan fingerprint density at radius 1 is 0.773 bits per heavy atom. The maximum Gasteiger partial charge on any atom is 0.118 e. The van der Waals surface area contributed by atoms with Crippen molar-refractivity contribution in [2.75, 3.05) is 32.7 Å². The fourth-order valence-electron chi connectivity index (χ4n) is 3.01. The van der Waals surface area contributed by atoms with Gasteiger partial charge in [-0.05, 0) is 23.6 Å². The van der Waals surface area contributed by atoms with Crippen LogP contribution in [-0.2, 0) is 13.0 Å². The average molecular weight is 296 g/mol. The fraction of sp³-hybridized carbons (Fsp3) is 0.368. The van der Waals surface area contributed by atoms with Crippen molar-refractivity contribution in [1.29, 1.82) is 0 Å². The minimum Gasteiger partial charge on any atom is -0.508 e. The number of benzene rings is 2. The van der Waals surface area contributed by atoms with Crippen molar-refractivity contribution in [1.82, 2.24) is 9.80 Å². The predicted octanol–water partition coefficient (Wildman–Crippen LogP) is 2.75. The van der Waals surface area contributed by atoms with E-state index in [0.717, 1.165) is 51.3 Å². The highest BCUT2D eigenvalue weighted by Crippen LogP contribution is 2.17. The van der Waals surface area contributed by atoms with Gasteiger partial charge in [0.15, 0.2) is 0 Å². The summed E-state index contributed by atoms with van der Waals surface area (Å²) in [6.45, 7) is 6.54. The summed E-state index contributed by atoms with van der Waals surface area (Å²) in [7, 11) is 0. The molecule has 0 radical (unpaired) electrons. The third kappa shape index (κ3) is 4.09. The molecule has 3 heteroatoms. The maximum atomic E-state index is 9.82. The highest BCUT2D eigenvalue weighted by Gasteiger charge is 2.16. The molecular weight excluding hydrogens is 272 g/mol. The Labute approximate surface area is 132 Å². The van der Waals surface area contributed by atoms with E-state index in [1.807, 2.05) is 18.2 Å². The molecule has 1 heterocycles. The van der Waals surface area contributed by atoms with Crippen molar-refractivity contribution < 1.29 is 5.11 Å². The SMILES string of the molecule is Oc1ccccc1CCN1CCN(Cc2ccccc2)CC1. The minimum absolute atomic E-state index is 0.421. The van der Waals surface area contributed by atoms with Crippen molar-refractivity contribution in [3.63, 3.8) is 0 Å². The molecule has 22 heavy (non-hydrogen) atoms. The van der Waals surface area contributed by atoms with Crippen molar-refractivity contribution in [3.8, 4) is 5.75 Å². The molecule has 0 unspecified atom stereocenters. The molecule has 0 bridgehead atoms. The molecule has 116 valence electrons. The number of para-hydroxylation sites is 1. The number of phenolic OH excluding ortho intramolecular Hbond substituents is 1. The molecule has 1 N–H and O–H groups in total. The lowest BCUT2D eigenvalue weighted by molar-refractivity contribution is 0.128. The van der Waals surface area contributed by atoms with Crippen molar-refractivity contribution in [3.05, 3.63) is 65.7 Å². The summed E-state index contributed by atoms with van der Waals surface area (Å²) in [4.78, 5) is 5.01. The van der Waals surface area contributed by atoms with E-state index in [9.17, 15) is 5.11 Å². The zero-order valence-electron chi connectivity index (χ0n) is 13.0. The van der Waals surface area contributed by atoms with Gasteiger partial charge in [0.05, 0.1) is 0 Å². The third-order valence-corrected chi connectivity index (χ3v) is 4.40. The van der Waals surface area contributed by atoms with Crippen LogP contribution in [0.3, 0.4) is 0 Å². The Hall–Kier alpha value is -1.84. The summed E-state index contributed by atoms with van der Waals surface area (Å²) in [5, 5.41) is 9.82. The Balaban J connectivity index is 1.43. The second-order valence-electron chi connectivity index (χ2n) is 5.98. The van der Waals surface area contributed by atoms with E-state index < -0.39 is 0 Å². The molecule has 0 aromatic heterocycles. The average Bonchev–Trinajstić information content (AvgIpc) is 2.56. The second-order valence-corrected chi connectivity index (χ2v) is 5.98. The second kappa shape index (κ2) is 7.43. The zero-order chi connectivity index (χ0) is 15.2. The van der Waals surface area contributed by atoms with Crippen LogP contribution in [0.1, 0.15) is 11.1 Å². The Bertz CT molecular complexity index is 577. The molecule has 2 aromatic rings. The van der Waals surface area contributed by atoms with Gasteiger partial charge in [-0.2, -0.15) is 0 Å². The van der Waals surface area contributed by atoms with Crippen molar-refractivity contribution in [2.45, 2.75) is 13.0 Å². The van der Waals surface area contributed by atoms with Crippen LogP contribution in [0.4, 0.5) is 0 Å². The highest BCUT2D eigenvalue weighted by atomic mass is 16.3. The molecule has 2 aromatic carbocycles. The van der Waals surface area contributed by atoms with Crippen LogP contribution < -0.4 is 0 Å². The first-order chi connectivity index (χ1) is 10.8. The van der Waals surface area contributed by atoms with Gasteiger partial charge in [-0.1, -0.05) is 48.5 Å². The van der Waals surface area contributed by atoms with Crippen LogP contribution in [0.5, 0.6) is 5.75 Å². The Morgan fingerprint density at radius 3 is 2.14 bits per heavy atom. The topological polar surface area (TPSA) is 26.7 Å². The summed E-state index contributed by atoms with van der Waals surface area (Å²) in [6, 6.07) is 18.3. The third-order valence-electron chi connectivity index (χ3n) is 4.40. The van der Waals surface area contributed by atoms with Gasteiger partial charge in [0.25, 0.3) is 0 Å². The Morgan fingerprint density at radius 2 is 1.41 bits per heavy atom. The number of hydrogen-bond acceptors (Lipinski definition) is 3. The normalized spacial score (nSPS) is 16.7. The summed E-state index contributed by atoms with van der Waals surface area (Å²) >= 11 is 0. The van der Waals surface area contributed by atoms with E-state index in [-0.39, 0.29) is 0 Å². The lowest BCUT2D eigenvalue weighted by Crippen LogP contribution is -2.46. The first-order valence-corrected chi connectivity index (χ1v) is 8.07. The zero-order valence-corrected chi connectivity index (χ0v) is 13.0. The van der Waals surface area contributed by atoms with E-state index in [2.05, 4.69) is 40.1 Å². The van der Waals surface area contributed by atoms with Crippen LogP contribution in [-0.4, -0.2) is 47.6 Å². The number of hydrogen-bond donors (Lipinski definition) is 1. The molecule has 3 rings (SSSR count). The molecule has 1 saturated heterocycles. The van der Waals surface area contributed by atoms with Crippen LogP contribution in [0, 0.1) is 0 Å². The monoisotopic (exact) mass is 296 g/mol. The first-order valence-electron chi connectivity index (χ1n) is 8.07. The first kappa shape index (κ1) is 15.1. The molecule has 0 amide bonds. The Kier molecular flexibility index (Phi) is 5.09. The summed E-state index contributed by atoms with van der Waals surface area (Å²) in [5.74, 6) is 0.421. The smallest absolute Gasteiger partial charge is 0.118 e. The number of phenols is 1. The van der Waals surface area contributed by atoms with E-state index in [4.69, 9.17) is 0 Å². The standard InChI is InChI=1S/C19H24N2O/c22-19-9-5-4-8-18(19)10-11-20-12-14-21(15-13-20)16-17-6-2-1-3-7-17/h1-9,22H,10-16H2.